The SMILES string of the molecule is NC(=O)CCN(C(=O)/C=C/c1ccc(Cl)cc1Cl)c1ccccc1. The smallest absolute Gasteiger partial charge is 0.251 e. The zero-order valence-electron chi connectivity index (χ0n) is 12.8. The van der Waals surface area contributed by atoms with Gasteiger partial charge in [-0.1, -0.05) is 47.5 Å². The maximum absolute atomic E-state index is 12.5. The summed E-state index contributed by atoms with van der Waals surface area (Å²) in [5.74, 6) is -0.734. The van der Waals surface area contributed by atoms with Gasteiger partial charge in [-0.3, -0.25) is 9.59 Å². The lowest BCUT2D eigenvalue weighted by Crippen LogP contribution is -2.32. The Balaban J connectivity index is 2.20. The van der Waals surface area contributed by atoms with Crippen molar-refractivity contribution in [1.29, 1.82) is 0 Å². The van der Waals surface area contributed by atoms with E-state index in [1.165, 1.54) is 11.0 Å². The molecule has 124 valence electrons. The van der Waals surface area contributed by atoms with Crippen molar-refractivity contribution >= 4 is 46.8 Å². The van der Waals surface area contributed by atoms with Crippen LogP contribution in [0.5, 0.6) is 0 Å². The third-order valence-electron chi connectivity index (χ3n) is 3.28. The van der Waals surface area contributed by atoms with Gasteiger partial charge in [-0.2, -0.15) is 0 Å². The van der Waals surface area contributed by atoms with E-state index >= 15 is 0 Å². The molecule has 0 radical (unpaired) electrons. The fourth-order valence-corrected chi connectivity index (χ4v) is 2.56. The van der Waals surface area contributed by atoms with Crippen LogP contribution in [0.25, 0.3) is 6.08 Å². The molecular formula is C18H16Cl2N2O2. The Labute approximate surface area is 150 Å². The van der Waals surface area contributed by atoms with Gasteiger partial charge in [0.15, 0.2) is 0 Å². The number of anilines is 1. The first-order valence-electron chi connectivity index (χ1n) is 7.25. The first-order chi connectivity index (χ1) is 11.5. The number of primary amides is 1. The highest BCUT2D eigenvalue weighted by atomic mass is 35.5. The summed E-state index contributed by atoms with van der Waals surface area (Å²) in [7, 11) is 0. The number of carbonyl (C=O) groups is 2. The minimum absolute atomic E-state index is 0.0795. The highest BCUT2D eigenvalue weighted by Gasteiger charge is 2.14. The normalized spacial score (nSPS) is 10.8. The van der Waals surface area contributed by atoms with Gasteiger partial charge in [-0.05, 0) is 35.9 Å². The van der Waals surface area contributed by atoms with E-state index < -0.39 is 5.91 Å². The number of hydrogen-bond acceptors (Lipinski definition) is 2. The third-order valence-corrected chi connectivity index (χ3v) is 3.85. The van der Waals surface area contributed by atoms with Crippen molar-refractivity contribution in [3.63, 3.8) is 0 Å². The van der Waals surface area contributed by atoms with Gasteiger partial charge in [0.25, 0.3) is 5.91 Å². The van der Waals surface area contributed by atoms with E-state index in [0.29, 0.717) is 21.3 Å². The summed E-state index contributed by atoms with van der Waals surface area (Å²) in [5.41, 5.74) is 6.56. The third kappa shape index (κ3) is 5.11. The van der Waals surface area contributed by atoms with Crippen LogP contribution >= 0.6 is 23.2 Å². The lowest BCUT2D eigenvalue weighted by molar-refractivity contribution is -0.118. The maximum Gasteiger partial charge on any atom is 0.251 e. The second-order valence-corrected chi connectivity index (χ2v) is 5.88. The molecule has 0 bridgehead atoms. The highest BCUT2D eigenvalue weighted by Crippen LogP contribution is 2.22. The fraction of sp³-hybridized carbons (Fsp3) is 0.111. The summed E-state index contributed by atoms with van der Waals surface area (Å²) >= 11 is 11.9. The average molecular weight is 363 g/mol. The van der Waals surface area contributed by atoms with E-state index in [0.717, 1.165) is 0 Å². The van der Waals surface area contributed by atoms with Crippen LogP contribution in [0, 0.1) is 0 Å². The molecule has 4 nitrogen and oxygen atoms in total. The Morgan fingerprint density at radius 3 is 2.42 bits per heavy atom. The molecule has 2 rings (SSSR count). The van der Waals surface area contributed by atoms with Crippen molar-refractivity contribution < 1.29 is 9.59 Å². The first kappa shape index (κ1) is 18.0. The zero-order chi connectivity index (χ0) is 17.5. The second-order valence-electron chi connectivity index (χ2n) is 5.04. The Hall–Kier alpha value is -2.30. The van der Waals surface area contributed by atoms with Gasteiger partial charge < -0.3 is 10.6 Å². The lowest BCUT2D eigenvalue weighted by atomic mass is 10.2. The number of hydrogen-bond donors (Lipinski definition) is 1. The molecule has 2 N–H and O–H groups in total. The van der Waals surface area contributed by atoms with E-state index in [-0.39, 0.29) is 18.9 Å². The predicted molar refractivity (Wildman–Crippen MR) is 98.1 cm³/mol. The van der Waals surface area contributed by atoms with Gasteiger partial charge in [0, 0.05) is 34.8 Å². The first-order valence-corrected chi connectivity index (χ1v) is 8.01. The predicted octanol–water partition coefficient (Wildman–Crippen LogP) is 3.92. The van der Waals surface area contributed by atoms with E-state index in [9.17, 15) is 9.59 Å². The number of rotatable bonds is 6. The molecule has 24 heavy (non-hydrogen) atoms. The fourth-order valence-electron chi connectivity index (χ4n) is 2.08. The molecule has 0 aliphatic rings. The van der Waals surface area contributed by atoms with Gasteiger partial charge in [0.05, 0.1) is 0 Å². The van der Waals surface area contributed by atoms with Crippen LogP contribution in [-0.2, 0) is 9.59 Å². The molecule has 0 atom stereocenters. The van der Waals surface area contributed by atoms with Crippen LogP contribution in [0.1, 0.15) is 12.0 Å². The van der Waals surface area contributed by atoms with Crippen LogP contribution < -0.4 is 10.6 Å². The quantitative estimate of drug-likeness (QED) is 0.791. The zero-order valence-corrected chi connectivity index (χ0v) is 14.3. The summed E-state index contributed by atoms with van der Waals surface area (Å²) in [6.45, 7) is 0.205. The van der Waals surface area contributed by atoms with Gasteiger partial charge in [0.2, 0.25) is 5.91 Å². The van der Waals surface area contributed by atoms with E-state index in [1.54, 1.807) is 36.4 Å². The van der Waals surface area contributed by atoms with Crippen molar-refractivity contribution in [2.45, 2.75) is 6.42 Å². The summed E-state index contributed by atoms with van der Waals surface area (Å²) in [4.78, 5) is 25.1. The minimum Gasteiger partial charge on any atom is -0.370 e. The largest absolute Gasteiger partial charge is 0.370 e. The molecule has 2 aromatic rings. The van der Waals surface area contributed by atoms with Gasteiger partial charge >= 0.3 is 0 Å². The van der Waals surface area contributed by atoms with Gasteiger partial charge in [0.1, 0.15) is 0 Å². The van der Waals surface area contributed by atoms with E-state index in [2.05, 4.69) is 0 Å². The van der Waals surface area contributed by atoms with Crippen LogP contribution in [0.2, 0.25) is 10.0 Å². The minimum atomic E-state index is -0.464. The molecule has 0 aliphatic carbocycles. The van der Waals surface area contributed by atoms with Crippen LogP contribution in [0.4, 0.5) is 5.69 Å². The molecule has 6 heteroatoms. The highest BCUT2D eigenvalue weighted by molar-refractivity contribution is 6.35. The van der Waals surface area contributed by atoms with Gasteiger partial charge in [-0.25, -0.2) is 0 Å². The number of nitrogens with two attached hydrogens (primary N) is 1. The maximum atomic E-state index is 12.5. The van der Waals surface area contributed by atoms with Gasteiger partial charge in [-0.15, -0.1) is 0 Å². The Bertz CT molecular complexity index is 761. The van der Waals surface area contributed by atoms with E-state index in [4.69, 9.17) is 28.9 Å². The molecular weight excluding hydrogens is 347 g/mol. The number of amides is 2. The van der Waals surface area contributed by atoms with Crippen LogP contribution in [-0.4, -0.2) is 18.4 Å². The number of carbonyl (C=O) groups excluding carboxylic acids is 2. The summed E-state index contributed by atoms with van der Waals surface area (Å²) < 4.78 is 0. The molecule has 0 saturated heterocycles. The molecule has 0 aliphatic heterocycles. The summed E-state index contributed by atoms with van der Waals surface area (Å²) in [5, 5.41) is 0.978. The number of para-hydroxylation sites is 1. The molecule has 0 spiro atoms. The molecule has 0 saturated carbocycles. The monoisotopic (exact) mass is 362 g/mol. The number of halogens is 2. The van der Waals surface area contributed by atoms with Crippen molar-refractivity contribution in [3.8, 4) is 0 Å². The van der Waals surface area contributed by atoms with Crippen molar-refractivity contribution in [3.05, 3.63) is 70.2 Å². The standard InChI is InChI=1S/C18H16Cl2N2O2/c19-14-8-6-13(16(20)12-14)7-9-18(24)22(11-10-17(21)23)15-4-2-1-3-5-15/h1-9,12H,10-11H2,(H2,21,23)/b9-7+. The van der Waals surface area contributed by atoms with Crippen molar-refractivity contribution in [2.24, 2.45) is 5.73 Å². The van der Waals surface area contributed by atoms with E-state index in [1.807, 2.05) is 18.2 Å². The lowest BCUT2D eigenvalue weighted by Gasteiger charge is -2.20. The van der Waals surface area contributed by atoms with Crippen LogP contribution in [0.15, 0.2) is 54.6 Å². The summed E-state index contributed by atoms with van der Waals surface area (Å²) in [6.07, 6.45) is 3.10. The Kier molecular flexibility index (Phi) is 6.41. The number of nitrogens with zero attached hydrogens (tertiary/aromatic N) is 1. The Morgan fingerprint density at radius 2 is 1.79 bits per heavy atom. The topological polar surface area (TPSA) is 63.4 Å². The molecule has 2 aromatic carbocycles. The number of benzene rings is 2. The molecule has 0 aromatic heterocycles. The second kappa shape index (κ2) is 8.52. The van der Waals surface area contributed by atoms with Crippen LogP contribution in [0.3, 0.4) is 0 Å². The van der Waals surface area contributed by atoms with Crippen molar-refractivity contribution in [1.82, 2.24) is 0 Å². The average Bonchev–Trinajstić information content (AvgIpc) is 2.55. The van der Waals surface area contributed by atoms with Crippen molar-refractivity contribution in [2.75, 3.05) is 11.4 Å². The summed E-state index contributed by atoms with van der Waals surface area (Å²) in [6, 6.07) is 14.1. The molecule has 2 amide bonds. The Morgan fingerprint density at radius 1 is 1.08 bits per heavy atom. The molecule has 0 unspecified atom stereocenters. The molecule has 0 fully saturated rings. The molecule has 0 heterocycles.